The number of phenols is 1. The Hall–Kier alpha value is -9.77. The summed E-state index contributed by atoms with van der Waals surface area (Å²) in [5.74, 6) is -3.77. The van der Waals surface area contributed by atoms with Gasteiger partial charge in [0, 0.05) is 47.9 Å². The minimum absolute atomic E-state index is 0.0464. The fraction of sp³-hybridized carbons (Fsp3) is 0.191. The van der Waals surface area contributed by atoms with E-state index in [0.717, 1.165) is 72.8 Å². The average Bonchev–Trinajstić information content (AvgIpc) is 2.04. The third-order valence-electron chi connectivity index (χ3n) is 11.1. The molecule has 6 aromatic carbocycles. The highest BCUT2D eigenvalue weighted by atomic mass is 32.2. The van der Waals surface area contributed by atoms with Crippen LogP contribution in [0.3, 0.4) is 0 Å². The Morgan fingerprint density at radius 3 is 1.41 bits per heavy atom. The summed E-state index contributed by atoms with van der Waals surface area (Å²) in [6.45, 7) is -3.95. The number of aromatic carboxylic acids is 1. The van der Waals surface area contributed by atoms with Gasteiger partial charge in [-0.05, 0) is 47.9 Å². The van der Waals surface area contributed by atoms with E-state index in [9.17, 15) is 89.3 Å². The average molecular weight is 1240 g/mol. The van der Waals surface area contributed by atoms with E-state index in [4.69, 9.17) is 23.7 Å². The summed E-state index contributed by atoms with van der Waals surface area (Å²) < 4.78 is 132. The van der Waals surface area contributed by atoms with Gasteiger partial charge in [-0.3, -0.25) is 33.7 Å². The number of carbonyl (C=O) groups is 1. The molecule has 1 aromatic heterocycles. The van der Waals surface area contributed by atoms with E-state index in [1.165, 1.54) is 13.2 Å². The van der Waals surface area contributed by atoms with E-state index < -0.39 is 142 Å². The topological polar surface area (TPSA) is 528 Å². The van der Waals surface area contributed by atoms with Crippen LogP contribution in [0.2, 0.25) is 0 Å². The second-order valence-corrected chi connectivity index (χ2v) is 20.8. The van der Waals surface area contributed by atoms with Crippen molar-refractivity contribution in [1.29, 1.82) is 0 Å². The van der Waals surface area contributed by atoms with Crippen LogP contribution in [0.1, 0.15) is 10.5 Å². The van der Waals surface area contributed by atoms with Gasteiger partial charge in [0.2, 0.25) is 0 Å². The van der Waals surface area contributed by atoms with E-state index in [2.05, 4.69) is 46.0 Å². The lowest BCUT2D eigenvalue weighted by Gasteiger charge is -2.13. The number of nitro benzene ring substituents is 1. The summed E-state index contributed by atoms with van der Waals surface area (Å²) in [7, 11) is -14.1. The van der Waals surface area contributed by atoms with E-state index >= 15 is 0 Å². The molecule has 1 heterocycles. The number of H-pyrrole nitrogens is 1. The highest BCUT2D eigenvalue weighted by molar-refractivity contribution is 7.86. The highest BCUT2D eigenvalue weighted by Crippen LogP contribution is 2.46. The number of hydrogen-bond donors (Lipinski definition) is 10. The number of methoxy groups -OCH3 is 1. The molecule has 0 amide bonds. The molecule has 0 aliphatic heterocycles. The number of benzene rings is 6. The number of aromatic nitrogens is 2. The fourth-order valence-electron chi connectivity index (χ4n) is 7.34. The van der Waals surface area contributed by atoms with Crippen molar-refractivity contribution in [3.05, 3.63) is 111 Å². The first-order chi connectivity index (χ1) is 40.3. The maximum Gasteiger partial charge on any atom is 0.356 e. The van der Waals surface area contributed by atoms with E-state index in [0.29, 0.717) is 10.7 Å². The number of nitrogens with zero attached hydrogens (tertiary/aromatic N) is 10. The van der Waals surface area contributed by atoms with Crippen molar-refractivity contribution in [2.45, 2.75) is 14.7 Å². The summed E-state index contributed by atoms with van der Waals surface area (Å²) in [6.07, 6.45) is 0. The number of rotatable bonds is 27. The number of aliphatic hydroxyl groups excluding tert-OH is 4. The summed E-state index contributed by atoms with van der Waals surface area (Å²) >= 11 is 0. The third kappa shape index (κ3) is 14.9. The number of aromatic amines is 1. The van der Waals surface area contributed by atoms with Gasteiger partial charge in [-0.25, -0.2) is 9.48 Å². The van der Waals surface area contributed by atoms with Gasteiger partial charge in [-0.15, -0.1) is 40.9 Å². The number of aromatic hydroxyl groups is 1. The zero-order chi connectivity index (χ0) is 62.0. The number of carboxylic acids is 1. The lowest BCUT2D eigenvalue weighted by Crippen LogP contribution is -2.14. The second-order valence-electron chi connectivity index (χ2n) is 16.6. The Morgan fingerprint density at radius 2 is 0.988 bits per heavy atom. The fourth-order valence-corrected chi connectivity index (χ4v) is 9.28. The molecule has 0 atom stereocenters. The molecule has 0 saturated carbocycles. The van der Waals surface area contributed by atoms with E-state index in [1.807, 2.05) is 0 Å². The number of ether oxygens (including phenoxy) is 5. The van der Waals surface area contributed by atoms with Crippen LogP contribution >= 0.6 is 0 Å². The minimum Gasteiger partial charge on any atom is -0.505 e. The molecule has 35 nitrogen and oxygen atoms in total. The summed E-state index contributed by atoms with van der Waals surface area (Å²) in [5.41, 5.74) is -6.89. The lowest BCUT2D eigenvalue weighted by atomic mass is 10.1. The molecule has 38 heteroatoms. The van der Waals surface area contributed by atoms with Gasteiger partial charge in [0.1, 0.15) is 110 Å². The first-order valence-electron chi connectivity index (χ1n) is 23.6. The van der Waals surface area contributed by atoms with Crippen molar-refractivity contribution in [3.63, 3.8) is 0 Å². The van der Waals surface area contributed by atoms with Crippen LogP contribution in [-0.4, -0.2) is 150 Å². The molecule has 10 N–H and O–H groups in total. The molecule has 0 aliphatic rings. The molecule has 0 bridgehead atoms. The Balaban J connectivity index is 1.29. The van der Waals surface area contributed by atoms with E-state index in [1.54, 1.807) is 0 Å². The number of hydrogen-bond acceptors (Lipinski definition) is 28. The van der Waals surface area contributed by atoms with Gasteiger partial charge >= 0.3 is 5.97 Å². The zero-order valence-electron chi connectivity index (χ0n) is 43.1. The maximum atomic E-state index is 14.1. The van der Waals surface area contributed by atoms with Crippen molar-refractivity contribution in [2.24, 2.45) is 40.9 Å². The quantitative estimate of drug-likeness (QED) is 0.0113. The number of fused-ring (bicyclic) bond motifs is 1. The van der Waals surface area contributed by atoms with E-state index in [-0.39, 0.29) is 80.3 Å². The Labute approximate surface area is 476 Å². The largest absolute Gasteiger partial charge is 0.505 e. The highest BCUT2D eigenvalue weighted by Gasteiger charge is 2.27. The van der Waals surface area contributed by atoms with Gasteiger partial charge < -0.3 is 54.3 Å². The summed E-state index contributed by atoms with van der Waals surface area (Å²) in [4.78, 5) is 34.2. The molecule has 0 aliphatic carbocycles. The van der Waals surface area contributed by atoms with Gasteiger partial charge in [0.25, 0.3) is 41.6 Å². The normalized spacial score (nSPS) is 12.3. The van der Waals surface area contributed by atoms with Crippen LogP contribution in [0.4, 0.5) is 51.2 Å². The predicted molar refractivity (Wildman–Crippen MR) is 288 cm³/mol. The molecule has 0 saturated heterocycles. The Bertz CT molecular complexity index is 4290. The number of carboxylic acid groups (broad SMARTS) is 1. The monoisotopic (exact) mass is 1240 g/mol. The maximum absolute atomic E-state index is 14.1. The van der Waals surface area contributed by atoms with Crippen LogP contribution in [0.5, 0.6) is 34.5 Å². The van der Waals surface area contributed by atoms with Crippen molar-refractivity contribution in [2.75, 3.05) is 60.0 Å². The predicted octanol–water partition coefficient (Wildman–Crippen LogP) is 6.53. The minimum atomic E-state index is -5.37. The number of non-ortho nitro benzene ring substituents is 1. The first kappa shape index (κ1) is 62.8. The number of aliphatic hydroxyl groups is 4. The van der Waals surface area contributed by atoms with Crippen molar-refractivity contribution >= 4 is 98.3 Å². The Morgan fingerprint density at radius 1 is 0.565 bits per heavy atom. The number of nitrogens with one attached hydrogen (secondary N) is 1. The van der Waals surface area contributed by atoms with Crippen molar-refractivity contribution < 1.29 is 103 Å². The standard InChI is InChI=1S/C47H43N11O24S3/c1-78-27-4-7-30(40(19-27)84(72,73)74)49-51-32-21-38(82-15-11-62)34(23-36(32)80-13-9-60)53-55-43-44(47(65)66)56-57(46(43)64)25-2-5-28-24(16-25)17-41(85(75,76)77)42(45(28)63)54-52-33-22-35(79-12-8-59)31(20-37(33)81-14-10-61)50-48-29-6-3-26(58(67)68)18-39(29)83(69,70)71/h2-7,16-23,56,59-63H,8-15H2,1H3,(H,65,66)(H,69,70,71)(H,72,73,74)(H,75,76,77). The van der Waals surface area contributed by atoms with Gasteiger partial charge in [-0.1, -0.05) is 0 Å². The number of phenolic OH excluding ortho intramolecular Hbond substituents is 1. The van der Waals surface area contributed by atoms with Gasteiger partial charge in [0.05, 0.1) is 44.1 Å². The molecule has 85 heavy (non-hydrogen) atoms. The molecule has 0 unspecified atom stereocenters. The van der Waals surface area contributed by atoms with Crippen molar-refractivity contribution in [3.8, 4) is 40.2 Å². The molecule has 0 spiro atoms. The Kier molecular flexibility index (Phi) is 19.7. The van der Waals surface area contributed by atoms with Crippen molar-refractivity contribution in [1.82, 2.24) is 9.78 Å². The lowest BCUT2D eigenvalue weighted by molar-refractivity contribution is -0.385. The van der Waals surface area contributed by atoms with Crippen LogP contribution < -0.4 is 29.2 Å². The smallest absolute Gasteiger partial charge is 0.356 e. The molecular formula is C47H43N11O24S3. The number of azo groups is 4. The molecule has 0 fully saturated rings. The molecular weight excluding hydrogens is 1200 g/mol. The third-order valence-corrected chi connectivity index (χ3v) is 13.7. The van der Waals surface area contributed by atoms with Crippen LogP contribution in [0.15, 0.2) is 145 Å². The van der Waals surface area contributed by atoms with Crippen LogP contribution in [0, 0.1) is 10.1 Å². The number of nitro groups is 1. The molecule has 0 radical (unpaired) electrons. The van der Waals surface area contributed by atoms with Crippen LogP contribution in [-0.2, 0) is 30.4 Å². The molecule has 7 rings (SSSR count). The zero-order valence-corrected chi connectivity index (χ0v) is 45.5. The van der Waals surface area contributed by atoms with Gasteiger partial charge in [-0.2, -0.15) is 25.3 Å². The SMILES string of the molecule is COc1ccc(N=Nc2cc(OCCO)c(N=Nc3c(C(=O)O)[nH]n(-c4ccc5c(O)c(N=Nc6cc(OCCO)c(N=Nc7ccc([N+](=O)[O-])cc7S(=O)(=O)O)cc6OCCO)c(S(=O)(=O)O)cc5c4)c3=O)cc2OCCO)c(S(=O)(=O)O)c1. The second kappa shape index (κ2) is 26.6. The molecule has 448 valence electrons. The summed E-state index contributed by atoms with van der Waals surface area (Å²) in [6, 6.07) is 14.2. The van der Waals surface area contributed by atoms with Crippen LogP contribution in [0.25, 0.3) is 16.5 Å². The first-order valence-corrected chi connectivity index (χ1v) is 27.9. The molecule has 7 aromatic rings. The van der Waals surface area contributed by atoms with Gasteiger partial charge in [0.15, 0.2) is 17.1 Å². The summed E-state index contributed by atoms with van der Waals surface area (Å²) in [5, 5.41) is 105.